The molecule has 5 nitrogen and oxygen atoms in total. The topological polar surface area (TPSA) is 51.7 Å². The number of carbonyl (C=O) groups is 1. The van der Waals surface area contributed by atoms with Gasteiger partial charge < -0.3 is 14.4 Å². The zero-order valence-electron chi connectivity index (χ0n) is 21.8. The Balaban J connectivity index is 1.40. The molecule has 2 aliphatic rings. The van der Waals surface area contributed by atoms with Gasteiger partial charge in [-0.2, -0.15) is 12.6 Å². The maximum absolute atomic E-state index is 14.8. The molecule has 1 aliphatic heterocycles. The molecule has 36 heavy (non-hydrogen) atoms. The molecule has 1 aliphatic carbocycles. The molecule has 0 bridgehead atoms. The van der Waals surface area contributed by atoms with Gasteiger partial charge in [-0.05, 0) is 94.6 Å². The third-order valence-electron chi connectivity index (χ3n) is 8.38. The van der Waals surface area contributed by atoms with Gasteiger partial charge >= 0.3 is 5.97 Å². The average Bonchev–Trinajstić information content (AvgIpc) is 2.91. The number of fused-ring (bicyclic) bond motifs is 1. The first-order chi connectivity index (χ1) is 17.5. The number of ether oxygens (including phenoxy) is 2. The number of esters is 1. The normalized spacial score (nSPS) is 19.8. The lowest BCUT2D eigenvalue weighted by Gasteiger charge is -2.41. The van der Waals surface area contributed by atoms with Gasteiger partial charge in [0.1, 0.15) is 11.6 Å². The fraction of sp³-hybridized carbons (Fsp3) is 0.655. The number of thiol groups is 1. The number of pyridine rings is 1. The smallest absolute Gasteiger partial charge is 0.312 e. The number of methoxy groups -OCH3 is 1. The predicted molar refractivity (Wildman–Crippen MR) is 145 cm³/mol. The van der Waals surface area contributed by atoms with Crippen LogP contribution in [0.4, 0.5) is 4.39 Å². The van der Waals surface area contributed by atoms with E-state index >= 15 is 0 Å². The molecule has 1 saturated carbocycles. The minimum atomic E-state index is -0.500. The fourth-order valence-electron chi connectivity index (χ4n) is 6.12. The minimum absolute atomic E-state index is 0.0962. The predicted octanol–water partition coefficient (Wildman–Crippen LogP) is 6.23. The number of rotatable bonds is 10. The maximum atomic E-state index is 14.8. The second kappa shape index (κ2) is 12.6. The van der Waals surface area contributed by atoms with E-state index in [-0.39, 0.29) is 11.8 Å². The summed E-state index contributed by atoms with van der Waals surface area (Å²) in [6, 6.07) is 5.54. The third kappa shape index (κ3) is 6.34. The molecular weight excluding hydrogens is 475 g/mol. The van der Waals surface area contributed by atoms with Gasteiger partial charge in [0.25, 0.3) is 0 Å². The van der Waals surface area contributed by atoms with Gasteiger partial charge in [0, 0.05) is 17.2 Å². The summed E-state index contributed by atoms with van der Waals surface area (Å²) in [7, 11) is 1.61. The standard InChI is InChI=1S/C29H41FN2O3S/c1-3-35-28(33)29(14-16-32(17-15-29)20-27(36)21-8-5-4-6-9-21)13-7-10-23-24-18-22(34-2)11-12-26(24)31-19-25(23)30/h11-12,18-19,21,27,36H,3-10,13-17,20H2,1-2H3. The number of nitrogens with zero attached hydrogens (tertiary/aromatic N) is 2. The fourth-order valence-corrected chi connectivity index (χ4v) is 6.65. The molecular formula is C29H41FN2O3S. The summed E-state index contributed by atoms with van der Waals surface area (Å²) in [4.78, 5) is 19.9. The number of hydrogen-bond acceptors (Lipinski definition) is 6. The first kappa shape index (κ1) is 27.2. The number of likely N-dealkylation sites (tertiary alicyclic amines) is 1. The number of aryl methyl sites for hydroxylation is 1. The highest BCUT2D eigenvalue weighted by molar-refractivity contribution is 7.81. The van der Waals surface area contributed by atoms with Crippen LogP contribution in [0.25, 0.3) is 10.9 Å². The van der Waals surface area contributed by atoms with E-state index in [0.29, 0.717) is 48.4 Å². The van der Waals surface area contributed by atoms with Crippen molar-refractivity contribution in [1.29, 1.82) is 0 Å². The molecule has 0 radical (unpaired) electrons. The Kier molecular flexibility index (Phi) is 9.51. The Morgan fingerprint density at radius 1 is 1.25 bits per heavy atom. The van der Waals surface area contributed by atoms with Crippen LogP contribution in [0.2, 0.25) is 0 Å². The van der Waals surface area contributed by atoms with E-state index in [9.17, 15) is 9.18 Å². The van der Waals surface area contributed by atoms with Gasteiger partial charge in [0.05, 0.1) is 30.8 Å². The lowest BCUT2D eigenvalue weighted by Crippen LogP contribution is -2.47. The van der Waals surface area contributed by atoms with Gasteiger partial charge in [0.2, 0.25) is 0 Å². The zero-order valence-corrected chi connectivity index (χ0v) is 22.7. The summed E-state index contributed by atoms with van der Waals surface area (Å²) in [5.41, 5.74) is 0.890. The van der Waals surface area contributed by atoms with E-state index in [1.165, 1.54) is 38.3 Å². The van der Waals surface area contributed by atoms with Crippen molar-refractivity contribution in [2.75, 3.05) is 33.4 Å². The summed E-state index contributed by atoms with van der Waals surface area (Å²) in [6.45, 7) is 5.00. The van der Waals surface area contributed by atoms with Crippen LogP contribution in [0.1, 0.15) is 70.3 Å². The number of piperidine rings is 1. The second-order valence-electron chi connectivity index (χ2n) is 10.6. The van der Waals surface area contributed by atoms with Crippen molar-refractivity contribution in [2.45, 2.75) is 76.4 Å². The van der Waals surface area contributed by atoms with Crippen LogP contribution in [-0.2, 0) is 16.0 Å². The Bertz CT molecular complexity index is 1020. The molecule has 1 unspecified atom stereocenters. The molecule has 2 fully saturated rings. The summed E-state index contributed by atoms with van der Waals surface area (Å²) in [5, 5.41) is 1.18. The van der Waals surface area contributed by atoms with Crippen LogP contribution in [0.3, 0.4) is 0 Å². The van der Waals surface area contributed by atoms with Crippen molar-refractivity contribution in [3.8, 4) is 5.75 Å². The van der Waals surface area contributed by atoms with E-state index in [1.807, 2.05) is 25.1 Å². The van der Waals surface area contributed by atoms with Crippen molar-refractivity contribution in [2.24, 2.45) is 11.3 Å². The lowest BCUT2D eigenvalue weighted by atomic mass is 9.74. The van der Waals surface area contributed by atoms with E-state index in [4.69, 9.17) is 22.1 Å². The Morgan fingerprint density at radius 2 is 2.00 bits per heavy atom. The number of hydrogen-bond donors (Lipinski definition) is 1. The summed E-state index contributed by atoms with van der Waals surface area (Å²) in [6.07, 6.45) is 11.4. The molecule has 4 rings (SSSR count). The molecule has 198 valence electrons. The van der Waals surface area contributed by atoms with Crippen molar-refractivity contribution in [1.82, 2.24) is 9.88 Å². The molecule has 1 atom stereocenters. The number of benzene rings is 1. The number of carbonyl (C=O) groups excluding carboxylic acids is 1. The highest BCUT2D eigenvalue weighted by Crippen LogP contribution is 2.39. The highest BCUT2D eigenvalue weighted by Gasteiger charge is 2.42. The Morgan fingerprint density at radius 3 is 2.69 bits per heavy atom. The molecule has 2 heterocycles. The van der Waals surface area contributed by atoms with Gasteiger partial charge in [-0.25, -0.2) is 4.39 Å². The van der Waals surface area contributed by atoms with Gasteiger partial charge in [-0.1, -0.05) is 19.3 Å². The van der Waals surface area contributed by atoms with Crippen LogP contribution in [-0.4, -0.2) is 54.5 Å². The van der Waals surface area contributed by atoms with Crippen LogP contribution < -0.4 is 4.74 Å². The third-order valence-corrected chi connectivity index (χ3v) is 8.96. The first-order valence-electron chi connectivity index (χ1n) is 13.6. The summed E-state index contributed by atoms with van der Waals surface area (Å²) in [5.74, 6) is 0.990. The molecule has 0 spiro atoms. The van der Waals surface area contributed by atoms with Crippen LogP contribution >= 0.6 is 12.6 Å². The first-order valence-corrected chi connectivity index (χ1v) is 14.2. The highest BCUT2D eigenvalue weighted by atomic mass is 32.1. The molecule has 1 saturated heterocycles. The van der Waals surface area contributed by atoms with Gasteiger partial charge in [0.15, 0.2) is 0 Å². The molecule has 1 aromatic carbocycles. The van der Waals surface area contributed by atoms with E-state index in [2.05, 4.69) is 9.88 Å². The van der Waals surface area contributed by atoms with E-state index < -0.39 is 5.41 Å². The van der Waals surface area contributed by atoms with E-state index in [0.717, 1.165) is 43.4 Å². The minimum Gasteiger partial charge on any atom is -0.497 e. The van der Waals surface area contributed by atoms with Crippen molar-refractivity contribution < 1.29 is 18.7 Å². The number of aromatic nitrogens is 1. The average molecular weight is 517 g/mol. The van der Waals surface area contributed by atoms with Gasteiger partial charge in [-0.3, -0.25) is 9.78 Å². The molecule has 7 heteroatoms. The molecule has 0 N–H and O–H groups in total. The van der Waals surface area contributed by atoms with Crippen LogP contribution in [0.15, 0.2) is 24.4 Å². The monoisotopic (exact) mass is 516 g/mol. The number of halogens is 1. The quantitative estimate of drug-likeness (QED) is 0.300. The Labute approximate surface area is 220 Å². The largest absolute Gasteiger partial charge is 0.497 e. The molecule has 2 aromatic rings. The molecule has 0 amide bonds. The molecule has 1 aromatic heterocycles. The van der Waals surface area contributed by atoms with Crippen LogP contribution in [0, 0.1) is 17.2 Å². The maximum Gasteiger partial charge on any atom is 0.312 e. The summed E-state index contributed by atoms with van der Waals surface area (Å²) >= 11 is 4.97. The van der Waals surface area contributed by atoms with Crippen LogP contribution in [0.5, 0.6) is 5.75 Å². The second-order valence-corrected chi connectivity index (χ2v) is 11.3. The lowest BCUT2D eigenvalue weighted by molar-refractivity contribution is -0.159. The summed E-state index contributed by atoms with van der Waals surface area (Å²) < 4.78 is 25.7. The van der Waals surface area contributed by atoms with Crippen molar-refractivity contribution in [3.05, 3.63) is 35.8 Å². The zero-order chi connectivity index (χ0) is 25.5. The van der Waals surface area contributed by atoms with Crippen molar-refractivity contribution in [3.63, 3.8) is 0 Å². The van der Waals surface area contributed by atoms with E-state index in [1.54, 1.807) is 7.11 Å². The van der Waals surface area contributed by atoms with Gasteiger partial charge in [-0.15, -0.1) is 0 Å². The SMILES string of the molecule is CCOC(=O)C1(CCCc2c(F)cnc3ccc(OC)cc23)CCN(CC(S)C2CCCCC2)CC1. The van der Waals surface area contributed by atoms with Crippen molar-refractivity contribution >= 4 is 29.5 Å². The Hall–Kier alpha value is -1.86.